The highest BCUT2D eigenvalue weighted by Crippen LogP contribution is 2.17. The van der Waals surface area contributed by atoms with Gasteiger partial charge in [0, 0.05) is 6.54 Å². The summed E-state index contributed by atoms with van der Waals surface area (Å²) < 4.78 is 0. The number of nitrogen functional groups attached to an aromatic ring is 1. The number of piperidine rings is 1. The number of hydrogen-bond acceptors (Lipinski definition) is 4. The zero-order chi connectivity index (χ0) is 17.5. The lowest BCUT2D eigenvalue weighted by molar-refractivity contribution is 0.0934. The predicted octanol–water partition coefficient (Wildman–Crippen LogP) is 2.02. The first kappa shape index (κ1) is 18.5. The molecule has 0 bridgehead atoms. The highest BCUT2D eigenvalue weighted by molar-refractivity contribution is 6.33. The zero-order valence-electron chi connectivity index (χ0n) is 13.8. The molecular formula is C17H25ClN4O2. The quantitative estimate of drug-likeness (QED) is 0.517. The Balaban J connectivity index is 1.78. The van der Waals surface area contributed by atoms with Gasteiger partial charge in [0.25, 0.3) is 11.5 Å². The van der Waals surface area contributed by atoms with E-state index in [1.54, 1.807) is 0 Å². The molecule has 4 N–H and O–H groups in total. The van der Waals surface area contributed by atoms with Crippen molar-refractivity contribution in [3.05, 3.63) is 39.7 Å². The minimum absolute atomic E-state index is 0.00365. The fourth-order valence-corrected chi connectivity index (χ4v) is 3.05. The first-order valence-corrected chi connectivity index (χ1v) is 8.68. The first-order valence-electron chi connectivity index (χ1n) is 8.31. The van der Waals surface area contributed by atoms with Crippen LogP contribution in [0.5, 0.6) is 0 Å². The summed E-state index contributed by atoms with van der Waals surface area (Å²) >= 11 is 5.86. The van der Waals surface area contributed by atoms with Gasteiger partial charge in [-0.2, -0.15) is 0 Å². The van der Waals surface area contributed by atoms with Crippen LogP contribution in [0.15, 0.2) is 23.5 Å². The molecule has 1 aliphatic heterocycles. The van der Waals surface area contributed by atoms with E-state index in [0.29, 0.717) is 12.5 Å². The topological polar surface area (TPSA) is 91.2 Å². The number of aromatic amines is 1. The molecule has 1 aromatic rings. The molecule has 24 heavy (non-hydrogen) atoms. The molecular weight excluding hydrogens is 328 g/mol. The van der Waals surface area contributed by atoms with Crippen LogP contribution in [0.25, 0.3) is 0 Å². The van der Waals surface area contributed by atoms with Crippen molar-refractivity contribution >= 4 is 23.3 Å². The van der Waals surface area contributed by atoms with Gasteiger partial charge in [0.2, 0.25) is 0 Å². The molecule has 0 spiro atoms. The standard InChI is InChI=1S/C17H25ClN4O2/c1-2-3-4-7-22-8-5-12(6-9-22)11-20-16(23)13-10-14(18)15(19)21-17(13)24/h2,10,12H,1,3-9,11H2,(H,20,23)(H3,19,21,24). The Kier molecular flexibility index (Phi) is 6.87. The minimum atomic E-state index is -0.522. The number of carbonyl (C=O) groups excluding carboxylic acids is 1. The Bertz CT molecular complexity index is 636. The second-order valence-electron chi connectivity index (χ2n) is 6.20. The van der Waals surface area contributed by atoms with E-state index in [9.17, 15) is 9.59 Å². The van der Waals surface area contributed by atoms with E-state index in [-0.39, 0.29) is 16.4 Å². The highest BCUT2D eigenvalue weighted by Gasteiger charge is 2.20. The van der Waals surface area contributed by atoms with E-state index in [0.717, 1.165) is 45.3 Å². The SMILES string of the molecule is C=CCCCN1CCC(CNC(=O)c2cc(Cl)c(N)[nH]c2=O)CC1. The number of pyridine rings is 1. The molecule has 1 aromatic heterocycles. The van der Waals surface area contributed by atoms with E-state index in [4.69, 9.17) is 17.3 Å². The number of nitrogens with zero attached hydrogens (tertiary/aromatic N) is 1. The molecule has 2 heterocycles. The van der Waals surface area contributed by atoms with E-state index in [2.05, 4.69) is 21.8 Å². The summed E-state index contributed by atoms with van der Waals surface area (Å²) in [4.78, 5) is 28.8. The number of likely N-dealkylation sites (tertiary alicyclic amines) is 1. The largest absolute Gasteiger partial charge is 0.384 e. The number of hydrogen-bond donors (Lipinski definition) is 3. The Morgan fingerprint density at radius 2 is 2.21 bits per heavy atom. The highest BCUT2D eigenvalue weighted by atomic mass is 35.5. The Morgan fingerprint density at radius 1 is 1.50 bits per heavy atom. The molecule has 0 radical (unpaired) electrons. The van der Waals surface area contributed by atoms with E-state index in [1.165, 1.54) is 6.07 Å². The summed E-state index contributed by atoms with van der Waals surface area (Å²) in [6, 6.07) is 1.31. The average molecular weight is 353 g/mol. The van der Waals surface area contributed by atoms with Gasteiger partial charge in [-0.15, -0.1) is 6.58 Å². The van der Waals surface area contributed by atoms with Crippen LogP contribution in [0.2, 0.25) is 5.02 Å². The number of H-pyrrole nitrogens is 1. The first-order chi connectivity index (χ1) is 11.5. The number of anilines is 1. The lowest BCUT2D eigenvalue weighted by Gasteiger charge is -2.31. The summed E-state index contributed by atoms with van der Waals surface area (Å²) in [6.07, 6.45) is 6.24. The normalized spacial score (nSPS) is 16.0. The minimum Gasteiger partial charge on any atom is -0.384 e. The van der Waals surface area contributed by atoms with Crippen molar-refractivity contribution in [2.45, 2.75) is 25.7 Å². The molecule has 0 aromatic carbocycles. The summed E-state index contributed by atoms with van der Waals surface area (Å²) in [5, 5.41) is 3.01. The van der Waals surface area contributed by atoms with Gasteiger partial charge in [0.05, 0.1) is 5.02 Å². The van der Waals surface area contributed by atoms with Crippen LogP contribution in [-0.4, -0.2) is 42.0 Å². The zero-order valence-corrected chi connectivity index (χ0v) is 14.6. The van der Waals surface area contributed by atoms with Gasteiger partial charge in [-0.25, -0.2) is 0 Å². The number of halogens is 1. The number of rotatable bonds is 7. The molecule has 6 nitrogen and oxygen atoms in total. The van der Waals surface area contributed by atoms with Crippen LogP contribution >= 0.6 is 11.6 Å². The molecule has 0 saturated carbocycles. The molecule has 132 valence electrons. The molecule has 0 atom stereocenters. The number of amides is 1. The van der Waals surface area contributed by atoms with Crippen molar-refractivity contribution < 1.29 is 4.79 Å². The van der Waals surface area contributed by atoms with Crippen molar-refractivity contribution in [1.29, 1.82) is 0 Å². The monoisotopic (exact) mass is 352 g/mol. The number of unbranched alkanes of at least 4 members (excludes halogenated alkanes) is 1. The lowest BCUT2D eigenvalue weighted by Crippen LogP contribution is -2.39. The van der Waals surface area contributed by atoms with Crippen molar-refractivity contribution in [2.75, 3.05) is 31.9 Å². The second kappa shape index (κ2) is 8.89. The van der Waals surface area contributed by atoms with Gasteiger partial charge < -0.3 is 20.9 Å². The molecule has 1 aliphatic rings. The van der Waals surface area contributed by atoms with Crippen molar-refractivity contribution in [2.24, 2.45) is 5.92 Å². The van der Waals surface area contributed by atoms with Crippen LogP contribution in [-0.2, 0) is 0 Å². The van der Waals surface area contributed by atoms with Crippen LogP contribution in [0.1, 0.15) is 36.0 Å². The average Bonchev–Trinajstić information content (AvgIpc) is 2.57. The summed E-state index contributed by atoms with van der Waals surface area (Å²) in [5.74, 6) is 0.0987. The third-order valence-electron chi connectivity index (χ3n) is 4.41. The Hall–Kier alpha value is -1.79. The molecule has 1 saturated heterocycles. The van der Waals surface area contributed by atoms with Gasteiger partial charge in [-0.1, -0.05) is 17.7 Å². The number of nitrogens with one attached hydrogen (secondary N) is 2. The number of nitrogens with two attached hydrogens (primary N) is 1. The van der Waals surface area contributed by atoms with E-state index in [1.807, 2.05) is 6.08 Å². The number of allylic oxidation sites excluding steroid dienone is 1. The van der Waals surface area contributed by atoms with Crippen LogP contribution in [0.3, 0.4) is 0 Å². The molecule has 0 aliphatic carbocycles. The maximum atomic E-state index is 12.2. The van der Waals surface area contributed by atoms with Crippen molar-refractivity contribution in [3.8, 4) is 0 Å². The van der Waals surface area contributed by atoms with Gasteiger partial charge in [-0.3, -0.25) is 9.59 Å². The smallest absolute Gasteiger partial charge is 0.262 e. The molecule has 7 heteroatoms. The van der Waals surface area contributed by atoms with Crippen LogP contribution in [0, 0.1) is 5.92 Å². The van der Waals surface area contributed by atoms with E-state index >= 15 is 0 Å². The van der Waals surface area contributed by atoms with Gasteiger partial charge in [-0.05, 0) is 57.3 Å². The van der Waals surface area contributed by atoms with Gasteiger partial charge in [0.1, 0.15) is 11.4 Å². The predicted molar refractivity (Wildman–Crippen MR) is 97.4 cm³/mol. The maximum absolute atomic E-state index is 12.2. The van der Waals surface area contributed by atoms with Crippen molar-refractivity contribution in [3.63, 3.8) is 0 Å². The van der Waals surface area contributed by atoms with Crippen molar-refractivity contribution in [1.82, 2.24) is 15.2 Å². The summed E-state index contributed by atoms with van der Waals surface area (Å²) in [5.41, 5.74) is 4.98. The Labute approximate surface area is 147 Å². The molecule has 1 amide bonds. The van der Waals surface area contributed by atoms with Gasteiger partial charge in [0.15, 0.2) is 0 Å². The third kappa shape index (κ3) is 5.11. The fraction of sp³-hybridized carbons (Fsp3) is 0.529. The summed E-state index contributed by atoms with van der Waals surface area (Å²) in [6.45, 7) is 7.51. The lowest BCUT2D eigenvalue weighted by atomic mass is 9.96. The van der Waals surface area contributed by atoms with Crippen LogP contribution in [0.4, 0.5) is 5.82 Å². The Morgan fingerprint density at radius 3 is 2.88 bits per heavy atom. The fourth-order valence-electron chi connectivity index (χ4n) is 2.89. The van der Waals surface area contributed by atoms with E-state index < -0.39 is 11.5 Å². The second-order valence-corrected chi connectivity index (χ2v) is 6.61. The molecule has 0 unspecified atom stereocenters. The summed E-state index contributed by atoms with van der Waals surface area (Å²) in [7, 11) is 0. The van der Waals surface area contributed by atoms with Crippen LogP contribution < -0.4 is 16.6 Å². The maximum Gasteiger partial charge on any atom is 0.262 e. The number of carbonyl (C=O) groups is 1. The molecule has 2 rings (SSSR count). The van der Waals surface area contributed by atoms with Gasteiger partial charge >= 0.3 is 0 Å². The third-order valence-corrected chi connectivity index (χ3v) is 4.72. The molecule has 1 fully saturated rings. The number of aromatic nitrogens is 1.